The highest BCUT2D eigenvalue weighted by Gasteiger charge is 2.48. The summed E-state index contributed by atoms with van der Waals surface area (Å²) in [6, 6.07) is 6.35. The molecule has 1 atom stereocenters. The molecule has 5 rings (SSSR count). The lowest BCUT2D eigenvalue weighted by atomic mass is 9.98. The Bertz CT molecular complexity index is 1420. The molecule has 5 heterocycles. The maximum absolute atomic E-state index is 13.2. The van der Waals surface area contributed by atoms with Gasteiger partial charge in [0.15, 0.2) is 5.76 Å². The summed E-state index contributed by atoms with van der Waals surface area (Å²) in [5.41, 5.74) is 3.00. The van der Waals surface area contributed by atoms with Crippen molar-refractivity contribution >= 4 is 39.6 Å². The van der Waals surface area contributed by atoms with Gasteiger partial charge in [-0.2, -0.15) is 0 Å². The standard InChI is InChI=1S/C22H18N6O3S/c1-11-6-5-9-27-12(2)16(24-20(11)27)18(29)15-17(14-7-4-8-23-10-14)28(21(31)19(15)30)22-26-25-13(3)32-22/h4-10,17,29H,1-3H3/b18-15+. The van der Waals surface area contributed by atoms with Crippen LogP contribution in [0, 0.1) is 20.8 Å². The SMILES string of the molecule is Cc1nnc(N2C(=O)C(=O)/C(=C(/O)c3nc4c(C)cccn4c3C)C2c2cccnc2)s1. The van der Waals surface area contributed by atoms with Crippen molar-refractivity contribution in [3.8, 4) is 0 Å². The van der Waals surface area contributed by atoms with Crippen LogP contribution in [0.4, 0.5) is 5.13 Å². The number of rotatable bonds is 3. The van der Waals surface area contributed by atoms with Gasteiger partial charge in [-0.15, -0.1) is 10.2 Å². The first-order valence-electron chi connectivity index (χ1n) is 9.84. The summed E-state index contributed by atoms with van der Waals surface area (Å²) in [6.45, 7) is 5.48. The second-order valence-electron chi connectivity index (χ2n) is 7.49. The number of amides is 1. The van der Waals surface area contributed by atoms with Crippen LogP contribution in [0.1, 0.15) is 33.6 Å². The van der Waals surface area contributed by atoms with E-state index in [0.717, 1.165) is 5.56 Å². The molecule has 0 aromatic carbocycles. The molecule has 0 radical (unpaired) electrons. The van der Waals surface area contributed by atoms with Crippen molar-refractivity contribution < 1.29 is 14.7 Å². The van der Waals surface area contributed by atoms with E-state index in [1.165, 1.54) is 16.2 Å². The van der Waals surface area contributed by atoms with E-state index < -0.39 is 17.7 Å². The van der Waals surface area contributed by atoms with Crippen LogP contribution >= 0.6 is 11.3 Å². The van der Waals surface area contributed by atoms with Crippen LogP contribution in [0.2, 0.25) is 0 Å². The first-order valence-corrected chi connectivity index (χ1v) is 10.7. The molecule has 1 aliphatic heterocycles. The monoisotopic (exact) mass is 446 g/mol. The van der Waals surface area contributed by atoms with E-state index in [4.69, 9.17) is 0 Å². The van der Waals surface area contributed by atoms with Crippen LogP contribution < -0.4 is 4.90 Å². The van der Waals surface area contributed by atoms with Crippen LogP contribution in [0.3, 0.4) is 0 Å². The molecule has 0 aliphatic carbocycles. The van der Waals surface area contributed by atoms with Crippen LogP contribution in [-0.2, 0) is 9.59 Å². The van der Waals surface area contributed by atoms with Crippen molar-refractivity contribution in [1.82, 2.24) is 24.6 Å². The fourth-order valence-corrected chi connectivity index (χ4v) is 4.65. The van der Waals surface area contributed by atoms with Gasteiger partial charge < -0.3 is 9.51 Å². The molecule has 1 unspecified atom stereocenters. The number of ketones is 1. The van der Waals surface area contributed by atoms with E-state index in [-0.39, 0.29) is 22.2 Å². The first-order chi connectivity index (χ1) is 15.4. The van der Waals surface area contributed by atoms with Gasteiger partial charge in [0.25, 0.3) is 5.78 Å². The van der Waals surface area contributed by atoms with E-state index in [1.807, 2.05) is 29.7 Å². The van der Waals surface area contributed by atoms with Gasteiger partial charge in [-0.25, -0.2) is 4.98 Å². The minimum absolute atomic E-state index is 0.0555. The lowest BCUT2D eigenvalue weighted by Crippen LogP contribution is -2.29. The molecule has 0 bridgehead atoms. The van der Waals surface area contributed by atoms with E-state index in [0.29, 0.717) is 21.9 Å². The van der Waals surface area contributed by atoms with Crippen LogP contribution in [-0.4, -0.2) is 41.4 Å². The van der Waals surface area contributed by atoms with Crippen molar-refractivity contribution in [2.45, 2.75) is 26.8 Å². The Hall–Kier alpha value is -3.92. The number of aliphatic hydroxyl groups is 1. The molecule has 4 aromatic rings. The van der Waals surface area contributed by atoms with Gasteiger partial charge in [0.2, 0.25) is 5.13 Å². The minimum atomic E-state index is -0.902. The maximum Gasteiger partial charge on any atom is 0.301 e. The van der Waals surface area contributed by atoms with Crippen LogP contribution in [0.5, 0.6) is 0 Å². The van der Waals surface area contributed by atoms with Crippen LogP contribution in [0.25, 0.3) is 11.4 Å². The molecular formula is C22H18N6O3S. The highest BCUT2D eigenvalue weighted by Crippen LogP contribution is 2.42. The predicted molar refractivity (Wildman–Crippen MR) is 118 cm³/mol. The number of aromatic nitrogens is 5. The number of imidazole rings is 1. The molecule has 1 amide bonds. The predicted octanol–water partition coefficient (Wildman–Crippen LogP) is 3.13. The fraction of sp³-hybridized carbons (Fsp3) is 0.182. The fourth-order valence-electron chi connectivity index (χ4n) is 3.94. The molecule has 160 valence electrons. The number of Topliss-reactive ketones (excluding diaryl/α,β-unsaturated/α-hetero) is 1. The van der Waals surface area contributed by atoms with Crippen molar-refractivity contribution in [3.63, 3.8) is 0 Å². The van der Waals surface area contributed by atoms with Gasteiger partial charge in [0, 0.05) is 18.6 Å². The van der Waals surface area contributed by atoms with Crippen molar-refractivity contribution in [3.05, 3.63) is 76.0 Å². The number of aliphatic hydroxyl groups excluding tert-OH is 1. The Kier molecular flexibility index (Phi) is 4.59. The van der Waals surface area contributed by atoms with Gasteiger partial charge in [0.1, 0.15) is 16.3 Å². The Morgan fingerprint density at radius 1 is 1.12 bits per heavy atom. The number of pyridine rings is 2. The zero-order chi connectivity index (χ0) is 22.6. The summed E-state index contributed by atoms with van der Waals surface area (Å²) in [5, 5.41) is 20.3. The highest BCUT2D eigenvalue weighted by atomic mass is 32.1. The number of hydrogen-bond donors (Lipinski definition) is 1. The molecule has 32 heavy (non-hydrogen) atoms. The average molecular weight is 446 g/mol. The first kappa shape index (κ1) is 20.0. The molecular weight excluding hydrogens is 428 g/mol. The lowest BCUT2D eigenvalue weighted by Gasteiger charge is -2.21. The number of carbonyl (C=O) groups excluding carboxylic acids is 2. The third kappa shape index (κ3) is 2.91. The Labute approximate surface area is 186 Å². The minimum Gasteiger partial charge on any atom is -0.505 e. The molecule has 9 nitrogen and oxygen atoms in total. The molecule has 1 N–H and O–H groups in total. The van der Waals surface area contributed by atoms with Gasteiger partial charge in [-0.3, -0.25) is 19.5 Å². The summed E-state index contributed by atoms with van der Waals surface area (Å²) in [6.07, 6.45) is 4.99. The zero-order valence-corrected chi connectivity index (χ0v) is 18.3. The number of hydrogen-bond acceptors (Lipinski definition) is 8. The second kappa shape index (κ2) is 7.34. The largest absolute Gasteiger partial charge is 0.505 e. The smallest absolute Gasteiger partial charge is 0.301 e. The van der Waals surface area contributed by atoms with E-state index >= 15 is 0 Å². The van der Waals surface area contributed by atoms with Gasteiger partial charge >= 0.3 is 5.91 Å². The molecule has 4 aromatic heterocycles. The molecule has 0 spiro atoms. The van der Waals surface area contributed by atoms with E-state index in [2.05, 4.69) is 20.2 Å². The quantitative estimate of drug-likeness (QED) is 0.292. The molecule has 1 fully saturated rings. The topological polar surface area (TPSA) is 114 Å². The summed E-state index contributed by atoms with van der Waals surface area (Å²) >= 11 is 1.19. The Morgan fingerprint density at radius 3 is 2.59 bits per heavy atom. The number of fused-ring (bicyclic) bond motifs is 1. The molecule has 1 aliphatic rings. The van der Waals surface area contributed by atoms with E-state index in [1.54, 1.807) is 38.4 Å². The maximum atomic E-state index is 13.2. The second-order valence-corrected chi connectivity index (χ2v) is 8.65. The lowest BCUT2D eigenvalue weighted by molar-refractivity contribution is -0.132. The Balaban J connectivity index is 1.77. The molecule has 1 saturated heterocycles. The average Bonchev–Trinajstić information content (AvgIpc) is 3.44. The third-order valence-electron chi connectivity index (χ3n) is 5.47. The highest BCUT2D eigenvalue weighted by molar-refractivity contribution is 7.15. The number of nitrogens with zero attached hydrogens (tertiary/aromatic N) is 6. The van der Waals surface area contributed by atoms with E-state index in [9.17, 15) is 14.7 Å². The summed E-state index contributed by atoms with van der Waals surface area (Å²) < 4.78 is 1.84. The molecule has 10 heteroatoms. The number of aryl methyl sites for hydroxylation is 3. The van der Waals surface area contributed by atoms with Crippen molar-refractivity contribution in [2.24, 2.45) is 0 Å². The number of anilines is 1. The third-order valence-corrected chi connectivity index (χ3v) is 6.31. The van der Waals surface area contributed by atoms with Gasteiger partial charge in [0.05, 0.1) is 17.3 Å². The van der Waals surface area contributed by atoms with Crippen LogP contribution in [0.15, 0.2) is 48.4 Å². The van der Waals surface area contributed by atoms with Gasteiger partial charge in [-0.05, 0) is 44.0 Å². The zero-order valence-electron chi connectivity index (χ0n) is 17.5. The number of carbonyl (C=O) groups is 2. The Morgan fingerprint density at radius 2 is 1.94 bits per heavy atom. The van der Waals surface area contributed by atoms with Crippen molar-refractivity contribution in [1.29, 1.82) is 0 Å². The summed E-state index contributed by atoms with van der Waals surface area (Å²) in [4.78, 5) is 36.2. The molecule has 0 saturated carbocycles. The summed E-state index contributed by atoms with van der Waals surface area (Å²) in [7, 11) is 0. The summed E-state index contributed by atoms with van der Waals surface area (Å²) in [5.74, 6) is -1.92. The normalized spacial score (nSPS) is 18.1. The van der Waals surface area contributed by atoms with Gasteiger partial charge in [-0.1, -0.05) is 23.5 Å². The van der Waals surface area contributed by atoms with Crippen molar-refractivity contribution in [2.75, 3.05) is 4.90 Å².